The van der Waals surface area contributed by atoms with Gasteiger partial charge in [-0.2, -0.15) is 4.98 Å². The smallest absolute Gasteiger partial charge is 0.252 e. The zero-order valence-corrected chi connectivity index (χ0v) is 20.6. The molecule has 178 valence electrons. The SMILES string of the molecule is COC[C@]1(C)C(=O)Nc2c(C)nc(N(I)[C@H]3C[C@H](Oc4cc(F)c(F)c(F)c4)C3)nc2N1C. The fraction of sp³-hybridized carbons (Fsp3) is 0.476. The highest BCUT2D eigenvalue weighted by Gasteiger charge is 2.45. The fourth-order valence-electron chi connectivity index (χ4n) is 3.88. The molecule has 1 aliphatic carbocycles. The Hall–Kier alpha value is -2.35. The molecule has 0 radical (unpaired) electrons. The van der Waals surface area contributed by atoms with Gasteiger partial charge in [0.1, 0.15) is 23.1 Å². The summed E-state index contributed by atoms with van der Waals surface area (Å²) < 4.78 is 52.7. The van der Waals surface area contributed by atoms with Crippen molar-refractivity contribution >= 4 is 46.2 Å². The van der Waals surface area contributed by atoms with Crippen LogP contribution in [0.2, 0.25) is 0 Å². The van der Waals surface area contributed by atoms with Crippen molar-refractivity contribution in [2.45, 2.75) is 44.4 Å². The van der Waals surface area contributed by atoms with Crippen LogP contribution >= 0.6 is 22.9 Å². The number of amides is 1. The van der Waals surface area contributed by atoms with Crippen LogP contribution in [0, 0.1) is 24.4 Å². The maximum Gasteiger partial charge on any atom is 0.252 e. The fourth-order valence-corrected chi connectivity index (χ4v) is 4.55. The zero-order chi connectivity index (χ0) is 24.1. The molecule has 8 nitrogen and oxygen atoms in total. The topological polar surface area (TPSA) is 79.8 Å². The molecule has 0 bridgehead atoms. The lowest BCUT2D eigenvalue weighted by molar-refractivity contribution is -0.122. The number of hydrogen-bond donors (Lipinski definition) is 1. The number of halogens is 4. The highest BCUT2D eigenvalue weighted by atomic mass is 127. The molecule has 1 amide bonds. The molecule has 4 rings (SSSR count). The quantitative estimate of drug-likeness (QED) is 0.318. The highest BCUT2D eigenvalue weighted by molar-refractivity contribution is 14.1. The standard InChI is InChI=1S/C21H23F3IN5O3/c1-10-17-18(29(3)21(2,9-32-4)19(31)27-17)28-20(26-10)30(25)11-5-12(6-11)33-13-7-14(22)16(24)15(23)8-13/h7-8,11-12H,5-6,9H2,1-4H3,(H,27,31)/t11-,12-,21-/m1/s1. The molecule has 0 spiro atoms. The van der Waals surface area contributed by atoms with Gasteiger partial charge in [-0.25, -0.2) is 18.2 Å². The Kier molecular flexibility index (Phi) is 6.33. The Morgan fingerprint density at radius 1 is 1.27 bits per heavy atom. The van der Waals surface area contributed by atoms with Crippen molar-refractivity contribution in [3.8, 4) is 5.75 Å². The second kappa shape index (κ2) is 8.78. The number of nitrogens with zero attached hydrogens (tertiary/aromatic N) is 4. The largest absolute Gasteiger partial charge is 0.490 e. The maximum atomic E-state index is 13.4. The van der Waals surface area contributed by atoms with E-state index in [2.05, 4.69) is 33.2 Å². The summed E-state index contributed by atoms with van der Waals surface area (Å²) in [5, 5.41) is 2.89. The van der Waals surface area contributed by atoms with E-state index in [9.17, 15) is 18.0 Å². The van der Waals surface area contributed by atoms with Gasteiger partial charge < -0.3 is 19.7 Å². The molecule has 2 heterocycles. The van der Waals surface area contributed by atoms with Gasteiger partial charge in [-0.05, 0) is 13.8 Å². The third-order valence-electron chi connectivity index (χ3n) is 6.11. The Labute approximate surface area is 203 Å². The molecule has 1 aromatic heterocycles. The van der Waals surface area contributed by atoms with Gasteiger partial charge in [0.05, 0.1) is 35.2 Å². The summed E-state index contributed by atoms with van der Waals surface area (Å²) in [4.78, 5) is 23.7. The van der Waals surface area contributed by atoms with Crippen molar-refractivity contribution in [1.82, 2.24) is 9.97 Å². The Balaban J connectivity index is 1.48. The van der Waals surface area contributed by atoms with Gasteiger partial charge in [-0.15, -0.1) is 0 Å². The Morgan fingerprint density at radius 2 is 1.91 bits per heavy atom. The molecular weight excluding hydrogens is 554 g/mol. The molecule has 2 aliphatic rings. The summed E-state index contributed by atoms with van der Waals surface area (Å²) in [5.41, 5.74) is 0.255. The zero-order valence-electron chi connectivity index (χ0n) is 18.5. The van der Waals surface area contributed by atoms with Crippen LogP contribution in [0.1, 0.15) is 25.5 Å². The van der Waals surface area contributed by atoms with Gasteiger partial charge in [0.15, 0.2) is 23.3 Å². The number of fused-ring (bicyclic) bond motifs is 1. The van der Waals surface area contributed by atoms with Crippen molar-refractivity contribution in [3.63, 3.8) is 0 Å². The first-order valence-corrected chi connectivity index (χ1v) is 11.2. The number of methoxy groups -OCH3 is 1. The van der Waals surface area contributed by atoms with Crippen LogP contribution in [0.5, 0.6) is 5.75 Å². The first kappa shape index (κ1) is 23.8. The molecule has 1 aromatic carbocycles. The van der Waals surface area contributed by atoms with Crippen molar-refractivity contribution in [3.05, 3.63) is 35.3 Å². The first-order chi connectivity index (χ1) is 15.5. The van der Waals surface area contributed by atoms with Crippen LogP contribution in [0.25, 0.3) is 0 Å². The van der Waals surface area contributed by atoms with Crippen LogP contribution < -0.4 is 18.1 Å². The van der Waals surface area contributed by atoms with E-state index in [0.29, 0.717) is 36.0 Å². The number of aromatic nitrogens is 2. The van der Waals surface area contributed by atoms with E-state index >= 15 is 0 Å². The van der Waals surface area contributed by atoms with Gasteiger partial charge >= 0.3 is 0 Å². The molecule has 12 heteroatoms. The van der Waals surface area contributed by atoms with Crippen molar-refractivity contribution in [2.75, 3.05) is 34.1 Å². The number of anilines is 3. The van der Waals surface area contributed by atoms with Crippen LogP contribution in [-0.4, -0.2) is 54.3 Å². The van der Waals surface area contributed by atoms with Crippen molar-refractivity contribution in [1.29, 1.82) is 0 Å². The lowest BCUT2D eigenvalue weighted by Gasteiger charge is -2.43. The number of hydrogen-bond acceptors (Lipinski definition) is 7. The number of ether oxygens (including phenoxy) is 2. The predicted molar refractivity (Wildman–Crippen MR) is 124 cm³/mol. The summed E-state index contributed by atoms with van der Waals surface area (Å²) in [5.74, 6) is -3.28. The number of benzene rings is 1. The number of carbonyl (C=O) groups is 1. The number of nitrogens with one attached hydrogen (secondary N) is 1. The molecule has 1 atom stereocenters. The summed E-state index contributed by atoms with van der Waals surface area (Å²) in [7, 11) is 3.33. The molecule has 1 aliphatic heterocycles. The van der Waals surface area contributed by atoms with E-state index in [1.807, 2.05) is 3.11 Å². The molecule has 2 aromatic rings. The molecule has 1 saturated carbocycles. The Bertz CT molecular complexity index is 1080. The molecule has 0 unspecified atom stereocenters. The summed E-state index contributed by atoms with van der Waals surface area (Å²) in [6.07, 6.45) is 0.857. The summed E-state index contributed by atoms with van der Waals surface area (Å²) in [6, 6.07) is 1.70. The van der Waals surface area contributed by atoms with Gasteiger partial charge in [0, 0.05) is 45.2 Å². The number of carbonyl (C=O) groups excluding carboxylic acids is 1. The highest BCUT2D eigenvalue weighted by Crippen LogP contribution is 2.40. The second-order valence-corrected chi connectivity index (χ2v) is 9.44. The van der Waals surface area contributed by atoms with E-state index in [4.69, 9.17) is 14.5 Å². The van der Waals surface area contributed by atoms with Crippen LogP contribution in [0.3, 0.4) is 0 Å². The van der Waals surface area contributed by atoms with Crippen molar-refractivity contribution in [2.24, 2.45) is 0 Å². The number of rotatable bonds is 6. The average molecular weight is 577 g/mol. The Morgan fingerprint density at radius 3 is 2.52 bits per heavy atom. The number of aryl methyl sites for hydroxylation is 1. The van der Waals surface area contributed by atoms with E-state index in [-0.39, 0.29) is 30.4 Å². The van der Waals surface area contributed by atoms with Crippen molar-refractivity contribution < 1.29 is 27.4 Å². The van der Waals surface area contributed by atoms with Crippen LogP contribution in [-0.2, 0) is 9.53 Å². The van der Waals surface area contributed by atoms with Gasteiger partial charge in [0.2, 0.25) is 5.95 Å². The molecular formula is C21H23F3IN5O3. The summed E-state index contributed by atoms with van der Waals surface area (Å²) >= 11 is 2.12. The predicted octanol–water partition coefficient (Wildman–Crippen LogP) is 3.76. The normalized spacial score (nSPS) is 24.1. The first-order valence-electron chi connectivity index (χ1n) is 10.2. The minimum Gasteiger partial charge on any atom is -0.490 e. The monoisotopic (exact) mass is 577 g/mol. The van der Waals surface area contributed by atoms with E-state index in [1.165, 1.54) is 7.11 Å². The van der Waals surface area contributed by atoms with E-state index in [1.54, 1.807) is 25.8 Å². The van der Waals surface area contributed by atoms with Gasteiger partial charge in [0.25, 0.3) is 5.91 Å². The lowest BCUT2D eigenvalue weighted by atomic mass is 9.89. The third kappa shape index (κ3) is 4.18. The summed E-state index contributed by atoms with van der Waals surface area (Å²) in [6.45, 7) is 3.77. The van der Waals surface area contributed by atoms with E-state index in [0.717, 1.165) is 12.1 Å². The molecule has 1 fully saturated rings. The molecule has 33 heavy (non-hydrogen) atoms. The van der Waals surface area contributed by atoms with E-state index < -0.39 is 23.0 Å². The lowest BCUT2D eigenvalue weighted by Crippen LogP contribution is -2.59. The average Bonchev–Trinajstić information content (AvgIpc) is 2.73. The van der Waals surface area contributed by atoms with Crippen LogP contribution in [0.15, 0.2) is 12.1 Å². The maximum absolute atomic E-state index is 13.4. The minimum atomic E-state index is -1.52. The molecule has 1 N–H and O–H groups in total. The second-order valence-electron chi connectivity index (χ2n) is 8.40. The van der Waals surface area contributed by atoms with Gasteiger partial charge in [-0.1, -0.05) is 0 Å². The third-order valence-corrected chi connectivity index (χ3v) is 7.33. The van der Waals surface area contributed by atoms with Gasteiger partial charge in [-0.3, -0.25) is 7.91 Å². The van der Waals surface area contributed by atoms with Crippen LogP contribution in [0.4, 0.5) is 30.6 Å². The molecule has 0 saturated heterocycles. The number of likely N-dealkylation sites (N-methyl/N-ethyl adjacent to an activating group) is 1. The minimum absolute atomic E-state index is 0.0250.